The average Bonchev–Trinajstić information content (AvgIpc) is 3.21. The molecule has 2 unspecified atom stereocenters. The van der Waals surface area contributed by atoms with Gasteiger partial charge in [0.25, 0.3) is 0 Å². The quantitative estimate of drug-likeness (QED) is 0.749. The molecule has 0 amide bonds. The summed E-state index contributed by atoms with van der Waals surface area (Å²) in [6.07, 6.45) is 5.06. The highest BCUT2D eigenvalue weighted by molar-refractivity contribution is 5.28. The lowest BCUT2D eigenvalue weighted by molar-refractivity contribution is 0.0352. The Balaban J connectivity index is 1.33. The molecule has 0 radical (unpaired) electrons. The second kappa shape index (κ2) is 8.33. The van der Waals surface area contributed by atoms with Crippen LogP contribution in [0.25, 0.3) is 0 Å². The van der Waals surface area contributed by atoms with Gasteiger partial charge >= 0.3 is 0 Å². The smallest absolute Gasteiger partial charge is 0.133 e. The van der Waals surface area contributed by atoms with Crippen molar-refractivity contribution in [2.45, 2.75) is 44.1 Å². The van der Waals surface area contributed by atoms with E-state index in [-0.39, 0.29) is 5.75 Å². The normalized spacial score (nSPS) is 27.7. The molecule has 0 spiro atoms. The molecular formula is C24H32N2O3. The van der Waals surface area contributed by atoms with E-state index >= 15 is 0 Å². The van der Waals surface area contributed by atoms with Crippen molar-refractivity contribution in [2.75, 3.05) is 26.7 Å². The number of methoxy groups -OCH3 is 1. The molecule has 2 aromatic rings. The maximum absolute atomic E-state index is 11.2. The fourth-order valence-corrected chi connectivity index (χ4v) is 5.36. The van der Waals surface area contributed by atoms with Gasteiger partial charge in [-0.15, -0.1) is 0 Å². The van der Waals surface area contributed by atoms with Crippen LogP contribution in [0.15, 0.2) is 42.6 Å². The predicted molar refractivity (Wildman–Crippen MR) is 113 cm³/mol. The first-order valence-electron chi connectivity index (χ1n) is 10.7. The largest absolute Gasteiger partial charge is 0.506 e. The van der Waals surface area contributed by atoms with Crippen molar-refractivity contribution >= 4 is 0 Å². The van der Waals surface area contributed by atoms with Crippen molar-refractivity contribution in [2.24, 2.45) is 11.8 Å². The minimum Gasteiger partial charge on any atom is -0.506 e. The van der Waals surface area contributed by atoms with Crippen LogP contribution in [-0.2, 0) is 6.42 Å². The molecule has 4 atom stereocenters. The maximum Gasteiger partial charge on any atom is 0.133 e. The Morgan fingerprint density at radius 1 is 1.14 bits per heavy atom. The van der Waals surface area contributed by atoms with E-state index in [2.05, 4.69) is 28.9 Å². The van der Waals surface area contributed by atoms with Gasteiger partial charge in [0.05, 0.1) is 18.9 Å². The van der Waals surface area contributed by atoms with Crippen LogP contribution in [-0.4, -0.2) is 52.4 Å². The molecular weight excluding hydrogens is 364 g/mol. The summed E-state index contributed by atoms with van der Waals surface area (Å²) in [7, 11) is 1.67. The minimum absolute atomic E-state index is 0.218. The summed E-state index contributed by atoms with van der Waals surface area (Å²) in [6, 6.07) is 11.7. The van der Waals surface area contributed by atoms with Crippen molar-refractivity contribution in [3.8, 4) is 11.5 Å². The molecule has 2 aliphatic rings. The fraction of sp³-hybridized carbons (Fsp3) is 0.542. The number of aromatic hydroxyl groups is 1. The summed E-state index contributed by atoms with van der Waals surface area (Å²) >= 11 is 0. The van der Waals surface area contributed by atoms with Crippen molar-refractivity contribution in [1.82, 2.24) is 9.88 Å². The van der Waals surface area contributed by atoms with Gasteiger partial charge < -0.3 is 19.8 Å². The number of pyridine rings is 1. The molecule has 156 valence electrons. The zero-order chi connectivity index (χ0) is 20.4. The molecule has 2 heterocycles. The number of nitrogens with zero attached hydrogens (tertiary/aromatic N) is 2. The lowest BCUT2D eigenvalue weighted by Gasteiger charge is -2.27. The molecule has 4 rings (SSSR count). The summed E-state index contributed by atoms with van der Waals surface area (Å²) in [5.41, 5.74) is 1.64. The molecule has 29 heavy (non-hydrogen) atoms. The molecule has 1 saturated heterocycles. The van der Waals surface area contributed by atoms with E-state index in [0.717, 1.165) is 56.8 Å². The second-order valence-corrected chi connectivity index (χ2v) is 8.94. The topological polar surface area (TPSA) is 65.8 Å². The highest BCUT2D eigenvalue weighted by Gasteiger charge is 2.48. The van der Waals surface area contributed by atoms with Crippen LogP contribution < -0.4 is 4.74 Å². The standard InChI is InChI=1S/C24H32N2O3/c1-3-18(23-9-6-21(27)13-25-23)14-26-15-19-11-24(28,12-20(19)16-26)10-17-4-7-22(29-2)8-5-17/h4-9,13,18-20,27-28H,3,10-12,14-16H2,1-2H3/t18?,19-,20+,24?. The summed E-state index contributed by atoms with van der Waals surface area (Å²) in [5, 5.41) is 20.7. The number of fused-ring (bicyclic) bond motifs is 1. The Morgan fingerprint density at radius 2 is 1.83 bits per heavy atom. The number of hydrogen-bond donors (Lipinski definition) is 2. The third kappa shape index (κ3) is 4.57. The van der Waals surface area contributed by atoms with Crippen LogP contribution in [0.4, 0.5) is 0 Å². The molecule has 1 aliphatic carbocycles. The van der Waals surface area contributed by atoms with Gasteiger partial charge in [-0.25, -0.2) is 0 Å². The summed E-state index contributed by atoms with van der Waals surface area (Å²) in [5.74, 6) is 2.60. The van der Waals surface area contributed by atoms with Gasteiger partial charge in [-0.3, -0.25) is 4.98 Å². The SMILES string of the molecule is CCC(CN1C[C@@H]2CC(O)(Cc3ccc(OC)cc3)C[C@@H]2C1)c1ccc(O)cn1. The van der Waals surface area contributed by atoms with E-state index in [4.69, 9.17) is 4.74 Å². The third-order valence-corrected chi connectivity index (χ3v) is 6.79. The number of hydrogen-bond acceptors (Lipinski definition) is 5. The van der Waals surface area contributed by atoms with Gasteiger partial charge in [0.15, 0.2) is 0 Å². The molecule has 5 heteroatoms. The molecule has 1 aromatic carbocycles. The van der Waals surface area contributed by atoms with Crippen LogP contribution in [0.5, 0.6) is 11.5 Å². The average molecular weight is 397 g/mol. The minimum atomic E-state index is -0.585. The van der Waals surface area contributed by atoms with Crippen LogP contribution in [0, 0.1) is 11.8 Å². The summed E-state index contributed by atoms with van der Waals surface area (Å²) < 4.78 is 5.23. The number of ether oxygens (including phenoxy) is 1. The number of aromatic nitrogens is 1. The van der Waals surface area contributed by atoms with Crippen LogP contribution in [0.1, 0.15) is 43.4 Å². The van der Waals surface area contributed by atoms with Crippen molar-refractivity contribution < 1.29 is 14.9 Å². The monoisotopic (exact) mass is 396 g/mol. The van der Waals surface area contributed by atoms with Gasteiger partial charge in [0, 0.05) is 37.7 Å². The lowest BCUT2D eigenvalue weighted by Crippen LogP contribution is -2.33. The van der Waals surface area contributed by atoms with Gasteiger partial charge in [-0.1, -0.05) is 19.1 Å². The highest BCUT2D eigenvalue weighted by Crippen LogP contribution is 2.45. The first kappa shape index (κ1) is 20.2. The van der Waals surface area contributed by atoms with Gasteiger partial charge in [-0.2, -0.15) is 0 Å². The van der Waals surface area contributed by atoms with E-state index in [1.807, 2.05) is 18.2 Å². The first-order chi connectivity index (χ1) is 14.0. The molecule has 5 nitrogen and oxygen atoms in total. The molecule has 1 aromatic heterocycles. The number of aliphatic hydroxyl groups is 1. The molecule has 1 saturated carbocycles. The van der Waals surface area contributed by atoms with Gasteiger partial charge in [0.1, 0.15) is 11.5 Å². The van der Waals surface area contributed by atoms with E-state index < -0.39 is 5.60 Å². The van der Waals surface area contributed by atoms with Gasteiger partial charge in [0.2, 0.25) is 0 Å². The highest BCUT2D eigenvalue weighted by atomic mass is 16.5. The molecule has 2 fully saturated rings. The van der Waals surface area contributed by atoms with Gasteiger partial charge in [-0.05, 0) is 60.9 Å². The molecule has 0 bridgehead atoms. The zero-order valence-corrected chi connectivity index (χ0v) is 17.4. The Kier molecular flexibility index (Phi) is 5.79. The number of benzene rings is 1. The lowest BCUT2D eigenvalue weighted by atomic mass is 9.91. The molecule has 2 N–H and O–H groups in total. The zero-order valence-electron chi connectivity index (χ0n) is 17.4. The maximum atomic E-state index is 11.2. The molecule has 1 aliphatic heterocycles. The van der Waals surface area contributed by atoms with E-state index in [9.17, 15) is 10.2 Å². The van der Waals surface area contributed by atoms with Crippen LogP contribution in [0.2, 0.25) is 0 Å². The second-order valence-electron chi connectivity index (χ2n) is 8.94. The van der Waals surface area contributed by atoms with E-state index in [0.29, 0.717) is 17.8 Å². The Labute approximate surface area is 173 Å². The number of likely N-dealkylation sites (tertiary alicyclic amines) is 1. The van der Waals surface area contributed by atoms with Crippen molar-refractivity contribution in [1.29, 1.82) is 0 Å². The summed E-state index contributed by atoms with van der Waals surface area (Å²) in [4.78, 5) is 6.97. The van der Waals surface area contributed by atoms with E-state index in [1.54, 1.807) is 13.2 Å². The van der Waals surface area contributed by atoms with E-state index in [1.165, 1.54) is 11.8 Å². The predicted octanol–water partition coefficient (Wildman–Crippen LogP) is 3.61. The Hall–Kier alpha value is -2.11. The fourth-order valence-electron chi connectivity index (χ4n) is 5.36. The first-order valence-corrected chi connectivity index (χ1v) is 10.7. The number of rotatable bonds is 7. The van der Waals surface area contributed by atoms with Crippen LogP contribution >= 0.6 is 0 Å². The summed E-state index contributed by atoms with van der Waals surface area (Å²) in [6.45, 7) is 5.32. The van der Waals surface area contributed by atoms with Crippen molar-refractivity contribution in [3.05, 3.63) is 53.9 Å². The third-order valence-electron chi connectivity index (χ3n) is 6.79. The van der Waals surface area contributed by atoms with Crippen molar-refractivity contribution in [3.63, 3.8) is 0 Å². The Bertz CT molecular complexity index is 792. The Morgan fingerprint density at radius 3 is 2.38 bits per heavy atom. The van der Waals surface area contributed by atoms with Crippen LogP contribution in [0.3, 0.4) is 0 Å².